The van der Waals surface area contributed by atoms with Gasteiger partial charge in [-0.05, 0) is 19.1 Å². The van der Waals surface area contributed by atoms with Gasteiger partial charge in [-0.1, -0.05) is 30.0 Å². The van der Waals surface area contributed by atoms with Crippen LogP contribution in [0, 0.1) is 11.8 Å². The summed E-state index contributed by atoms with van der Waals surface area (Å²) in [5.41, 5.74) is 6.61. The minimum absolute atomic E-state index is 0.168. The fourth-order valence-corrected chi connectivity index (χ4v) is 0.836. The first-order chi connectivity index (χ1) is 5.79. The lowest BCUT2D eigenvalue weighted by Crippen LogP contribution is -2.12. The summed E-state index contributed by atoms with van der Waals surface area (Å²) in [7, 11) is 0. The third-order valence-electron chi connectivity index (χ3n) is 1.43. The van der Waals surface area contributed by atoms with Crippen molar-refractivity contribution in [3.05, 3.63) is 35.9 Å². The molecule has 0 spiro atoms. The number of hydrogen-bond acceptors (Lipinski definition) is 1. The SMILES string of the molecule is C[C@@H](N)CC#Cc1ccccc1. The fraction of sp³-hybridized carbons (Fsp3) is 0.273. The summed E-state index contributed by atoms with van der Waals surface area (Å²) in [6.45, 7) is 1.96. The average Bonchev–Trinajstić information content (AvgIpc) is 2.05. The van der Waals surface area contributed by atoms with Gasteiger partial charge in [0.05, 0.1) is 0 Å². The van der Waals surface area contributed by atoms with Crippen LogP contribution in [-0.4, -0.2) is 6.04 Å². The molecule has 0 saturated heterocycles. The summed E-state index contributed by atoms with van der Waals surface area (Å²) in [4.78, 5) is 0. The normalized spacial score (nSPS) is 11.5. The first-order valence-electron chi connectivity index (χ1n) is 4.08. The summed E-state index contributed by atoms with van der Waals surface area (Å²) in [5.74, 6) is 6.07. The van der Waals surface area contributed by atoms with Crippen molar-refractivity contribution in [2.75, 3.05) is 0 Å². The zero-order valence-electron chi connectivity index (χ0n) is 7.25. The van der Waals surface area contributed by atoms with Crippen LogP contribution in [0.5, 0.6) is 0 Å². The molecule has 0 amide bonds. The molecule has 1 atom stereocenters. The topological polar surface area (TPSA) is 26.0 Å². The largest absolute Gasteiger partial charge is 0.327 e. The average molecular weight is 159 g/mol. The Balaban J connectivity index is 2.55. The van der Waals surface area contributed by atoms with Gasteiger partial charge in [-0.3, -0.25) is 0 Å². The molecule has 0 heterocycles. The van der Waals surface area contributed by atoms with Crippen LogP contribution in [0.4, 0.5) is 0 Å². The quantitative estimate of drug-likeness (QED) is 0.621. The van der Waals surface area contributed by atoms with Crippen LogP contribution in [-0.2, 0) is 0 Å². The van der Waals surface area contributed by atoms with Gasteiger partial charge in [0.15, 0.2) is 0 Å². The molecular formula is C11H13N. The maximum absolute atomic E-state index is 5.55. The Morgan fingerprint density at radius 2 is 2.00 bits per heavy atom. The lowest BCUT2D eigenvalue weighted by molar-refractivity contribution is 0.771. The molecule has 2 N–H and O–H groups in total. The highest BCUT2D eigenvalue weighted by Crippen LogP contribution is 1.95. The standard InChI is InChI=1S/C11H13N/c1-10(12)6-5-9-11-7-3-2-4-8-11/h2-4,7-8,10H,6,12H2,1H3/t10-/m1/s1. The van der Waals surface area contributed by atoms with Gasteiger partial charge in [0.25, 0.3) is 0 Å². The van der Waals surface area contributed by atoms with Crippen molar-refractivity contribution in [2.24, 2.45) is 5.73 Å². The van der Waals surface area contributed by atoms with Gasteiger partial charge in [-0.2, -0.15) is 0 Å². The molecule has 1 aromatic carbocycles. The molecule has 1 rings (SSSR count). The van der Waals surface area contributed by atoms with E-state index in [4.69, 9.17) is 5.73 Å². The maximum Gasteiger partial charge on any atom is 0.0245 e. The van der Waals surface area contributed by atoms with E-state index in [1.165, 1.54) is 0 Å². The number of hydrogen-bond donors (Lipinski definition) is 1. The zero-order valence-corrected chi connectivity index (χ0v) is 7.25. The van der Waals surface area contributed by atoms with E-state index in [1.54, 1.807) is 0 Å². The lowest BCUT2D eigenvalue weighted by atomic mass is 10.2. The van der Waals surface area contributed by atoms with Crippen LogP contribution in [0.15, 0.2) is 30.3 Å². The van der Waals surface area contributed by atoms with Crippen molar-refractivity contribution in [2.45, 2.75) is 19.4 Å². The van der Waals surface area contributed by atoms with Gasteiger partial charge in [-0.15, -0.1) is 0 Å². The zero-order chi connectivity index (χ0) is 8.81. The molecule has 0 fully saturated rings. The highest BCUT2D eigenvalue weighted by Gasteiger charge is 1.86. The second-order valence-electron chi connectivity index (χ2n) is 2.85. The Bertz CT molecular complexity index is 277. The fourth-order valence-electron chi connectivity index (χ4n) is 0.836. The Hall–Kier alpha value is -1.26. The highest BCUT2D eigenvalue weighted by molar-refractivity contribution is 5.33. The van der Waals surface area contributed by atoms with E-state index < -0.39 is 0 Å². The van der Waals surface area contributed by atoms with Gasteiger partial charge >= 0.3 is 0 Å². The van der Waals surface area contributed by atoms with E-state index >= 15 is 0 Å². The monoisotopic (exact) mass is 159 g/mol. The predicted molar refractivity (Wildman–Crippen MR) is 51.6 cm³/mol. The molecule has 0 saturated carbocycles. The molecule has 1 nitrogen and oxygen atoms in total. The Labute approximate surface area is 73.6 Å². The molecular weight excluding hydrogens is 146 g/mol. The van der Waals surface area contributed by atoms with Crippen LogP contribution in [0.1, 0.15) is 18.9 Å². The van der Waals surface area contributed by atoms with Crippen molar-refractivity contribution in [1.82, 2.24) is 0 Å². The van der Waals surface area contributed by atoms with Crippen molar-refractivity contribution in [3.63, 3.8) is 0 Å². The summed E-state index contributed by atoms with van der Waals surface area (Å²) in [6.07, 6.45) is 0.759. The van der Waals surface area contributed by atoms with Gasteiger partial charge in [0.2, 0.25) is 0 Å². The van der Waals surface area contributed by atoms with E-state index in [-0.39, 0.29) is 6.04 Å². The van der Waals surface area contributed by atoms with Crippen LogP contribution in [0.25, 0.3) is 0 Å². The van der Waals surface area contributed by atoms with E-state index in [0.29, 0.717) is 0 Å². The predicted octanol–water partition coefficient (Wildman–Crippen LogP) is 1.78. The van der Waals surface area contributed by atoms with Crippen LogP contribution in [0.3, 0.4) is 0 Å². The van der Waals surface area contributed by atoms with Gasteiger partial charge < -0.3 is 5.73 Å². The smallest absolute Gasteiger partial charge is 0.0245 e. The molecule has 12 heavy (non-hydrogen) atoms. The Morgan fingerprint density at radius 1 is 1.33 bits per heavy atom. The van der Waals surface area contributed by atoms with Gasteiger partial charge in [0.1, 0.15) is 0 Å². The first kappa shape index (κ1) is 8.83. The van der Waals surface area contributed by atoms with E-state index in [9.17, 15) is 0 Å². The van der Waals surface area contributed by atoms with Gasteiger partial charge in [0, 0.05) is 18.0 Å². The third-order valence-corrected chi connectivity index (χ3v) is 1.43. The maximum atomic E-state index is 5.55. The molecule has 0 radical (unpaired) electrons. The van der Waals surface area contributed by atoms with Crippen molar-refractivity contribution in [1.29, 1.82) is 0 Å². The summed E-state index contributed by atoms with van der Waals surface area (Å²) in [5, 5.41) is 0. The van der Waals surface area contributed by atoms with Crippen LogP contribution in [0.2, 0.25) is 0 Å². The number of rotatable bonds is 1. The van der Waals surface area contributed by atoms with E-state index in [2.05, 4.69) is 11.8 Å². The molecule has 1 heteroatoms. The number of nitrogens with two attached hydrogens (primary N) is 1. The molecule has 0 aliphatic carbocycles. The lowest BCUT2D eigenvalue weighted by Gasteiger charge is -1.93. The minimum atomic E-state index is 0.168. The molecule has 0 aliphatic heterocycles. The molecule has 0 bridgehead atoms. The third kappa shape index (κ3) is 3.23. The van der Waals surface area contributed by atoms with Gasteiger partial charge in [-0.25, -0.2) is 0 Å². The first-order valence-corrected chi connectivity index (χ1v) is 4.08. The van der Waals surface area contributed by atoms with E-state index in [0.717, 1.165) is 12.0 Å². The van der Waals surface area contributed by atoms with Crippen molar-refractivity contribution >= 4 is 0 Å². The molecule has 0 aliphatic rings. The summed E-state index contributed by atoms with van der Waals surface area (Å²) >= 11 is 0. The minimum Gasteiger partial charge on any atom is -0.327 e. The second kappa shape index (κ2) is 4.58. The highest BCUT2D eigenvalue weighted by atomic mass is 14.6. The Kier molecular flexibility index (Phi) is 3.37. The van der Waals surface area contributed by atoms with Crippen molar-refractivity contribution < 1.29 is 0 Å². The second-order valence-corrected chi connectivity index (χ2v) is 2.85. The Morgan fingerprint density at radius 3 is 2.58 bits per heavy atom. The van der Waals surface area contributed by atoms with Crippen LogP contribution >= 0.6 is 0 Å². The number of benzene rings is 1. The van der Waals surface area contributed by atoms with E-state index in [1.807, 2.05) is 37.3 Å². The molecule has 62 valence electrons. The van der Waals surface area contributed by atoms with Crippen LogP contribution < -0.4 is 5.73 Å². The summed E-state index contributed by atoms with van der Waals surface area (Å²) in [6, 6.07) is 10.1. The molecule has 1 aromatic rings. The van der Waals surface area contributed by atoms with Crippen molar-refractivity contribution in [3.8, 4) is 11.8 Å². The molecule has 0 unspecified atom stereocenters. The summed E-state index contributed by atoms with van der Waals surface area (Å²) < 4.78 is 0. The molecule has 0 aromatic heterocycles.